The van der Waals surface area contributed by atoms with E-state index in [1.54, 1.807) is 13.8 Å². The minimum atomic E-state index is -1.28. The number of rotatable bonds is 3. The Morgan fingerprint density at radius 3 is 1.45 bits per heavy atom. The van der Waals surface area contributed by atoms with Crippen LogP contribution in [0.4, 0.5) is 0 Å². The summed E-state index contributed by atoms with van der Waals surface area (Å²) in [4.78, 5) is 20.4. The van der Waals surface area contributed by atoms with Gasteiger partial charge in [-0.3, -0.25) is 9.59 Å². The Morgan fingerprint density at radius 1 is 1.18 bits per heavy atom. The zero-order valence-electron chi connectivity index (χ0n) is 8.57. The van der Waals surface area contributed by atoms with E-state index < -0.39 is 17.9 Å². The van der Waals surface area contributed by atoms with E-state index in [0.29, 0.717) is 0 Å². The van der Waals surface area contributed by atoms with E-state index in [1.807, 2.05) is 0 Å². The predicted molar refractivity (Wildman–Crippen MR) is 41.6 cm³/mol. The molecule has 0 saturated carbocycles. The fourth-order valence-electron chi connectivity index (χ4n) is 0.676. The molecule has 0 unspecified atom stereocenters. The number of hydrogen-bond acceptors (Lipinski definition) is 2. The molecular weight excluding hydrogens is 176 g/mol. The topological polar surface area (TPSA) is 74.6 Å². The molecule has 0 aromatic rings. The van der Waals surface area contributed by atoms with Gasteiger partial charge in [-0.05, 0) is 5.92 Å². The van der Waals surface area contributed by atoms with E-state index in [2.05, 4.69) is 0 Å². The predicted octanol–water partition coefficient (Wildman–Crippen LogP) is 0.272. The molecule has 0 spiro atoms. The zero-order chi connectivity index (χ0) is 8.31. The summed E-state index contributed by atoms with van der Waals surface area (Å²) in [6, 6.07) is 0. The van der Waals surface area contributed by atoms with Gasteiger partial charge in [-0.1, -0.05) is 13.8 Å². The fraction of sp³-hybridized carbons (Fsp3) is 0.667. The molecule has 0 bridgehead atoms. The SMILES string of the molecule is CC(C)C(C(=O)O)C(=O)O.[Ca+2].[H-].[H-]. The van der Waals surface area contributed by atoms with Crippen LogP contribution in [0.3, 0.4) is 0 Å². The van der Waals surface area contributed by atoms with Gasteiger partial charge in [-0.25, -0.2) is 0 Å². The Bertz CT molecular complexity index is 149. The molecule has 11 heavy (non-hydrogen) atoms. The van der Waals surface area contributed by atoms with Crippen molar-refractivity contribution in [3.05, 3.63) is 0 Å². The van der Waals surface area contributed by atoms with Gasteiger partial charge in [-0.2, -0.15) is 0 Å². The Labute approximate surface area is 97.6 Å². The Hall–Kier alpha value is 0.200. The molecule has 0 amide bonds. The number of hydrogen-bond donors (Lipinski definition) is 2. The van der Waals surface area contributed by atoms with Gasteiger partial charge >= 0.3 is 49.7 Å². The smallest absolute Gasteiger partial charge is 1.00 e. The molecule has 0 aromatic heterocycles. The van der Waals surface area contributed by atoms with Gasteiger partial charge in [0.2, 0.25) is 0 Å². The van der Waals surface area contributed by atoms with Crippen LogP contribution < -0.4 is 0 Å². The second-order valence-corrected chi connectivity index (χ2v) is 2.40. The van der Waals surface area contributed by atoms with Gasteiger partial charge in [0.15, 0.2) is 5.92 Å². The van der Waals surface area contributed by atoms with Crippen LogP contribution in [0, 0.1) is 11.8 Å². The first-order valence-electron chi connectivity index (χ1n) is 2.92. The summed E-state index contributed by atoms with van der Waals surface area (Å²) >= 11 is 0. The molecule has 0 aromatic carbocycles. The first-order chi connectivity index (χ1) is 4.46. The number of carboxylic acids is 2. The second-order valence-electron chi connectivity index (χ2n) is 2.40. The first-order valence-corrected chi connectivity index (χ1v) is 2.92. The van der Waals surface area contributed by atoms with Crippen LogP contribution in [0.2, 0.25) is 0 Å². The molecule has 0 radical (unpaired) electrons. The summed E-state index contributed by atoms with van der Waals surface area (Å²) < 4.78 is 0. The number of aliphatic carboxylic acids is 2. The second kappa shape index (κ2) is 5.80. The summed E-state index contributed by atoms with van der Waals surface area (Å²) in [5.74, 6) is -4.19. The van der Waals surface area contributed by atoms with Crippen molar-refractivity contribution in [2.24, 2.45) is 11.8 Å². The molecule has 0 saturated heterocycles. The Kier molecular flexibility index (Phi) is 7.26. The maximum Gasteiger partial charge on any atom is 2.00 e. The van der Waals surface area contributed by atoms with E-state index in [-0.39, 0.29) is 46.5 Å². The fourth-order valence-corrected chi connectivity index (χ4v) is 0.676. The molecule has 0 fully saturated rings. The molecule has 2 N–H and O–H groups in total. The van der Waals surface area contributed by atoms with E-state index >= 15 is 0 Å². The molecule has 0 rings (SSSR count). The van der Waals surface area contributed by atoms with Gasteiger partial charge in [-0.15, -0.1) is 0 Å². The van der Waals surface area contributed by atoms with Gasteiger partial charge in [0.25, 0.3) is 0 Å². The van der Waals surface area contributed by atoms with Crippen LogP contribution in [-0.2, 0) is 9.59 Å². The van der Waals surface area contributed by atoms with E-state index in [1.165, 1.54) is 0 Å². The summed E-state index contributed by atoms with van der Waals surface area (Å²) in [6.07, 6.45) is 0. The minimum absolute atomic E-state index is 0. The first kappa shape index (κ1) is 13.8. The van der Waals surface area contributed by atoms with Crippen LogP contribution >= 0.6 is 0 Å². The van der Waals surface area contributed by atoms with E-state index in [0.717, 1.165) is 0 Å². The zero-order valence-corrected chi connectivity index (χ0v) is 8.78. The molecule has 0 atom stereocenters. The van der Waals surface area contributed by atoms with Crippen molar-refractivity contribution in [1.29, 1.82) is 0 Å². The van der Waals surface area contributed by atoms with Crippen molar-refractivity contribution >= 4 is 49.7 Å². The molecule has 0 aliphatic carbocycles. The maximum absolute atomic E-state index is 10.2. The third-order valence-corrected chi connectivity index (χ3v) is 1.20. The minimum Gasteiger partial charge on any atom is -1.00 e. The quantitative estimate of drug-likeness (QED) is 0.492. The van der Waals surface area contributed by atoms with Crippen molar-refractivity contribution in [2.45, 2.75) is 13.8 Å². The summed E-state index contributed by atoms with van der Waals surface area (Å²) in [7, 11) is 0. The number of carboxylic acid groups (broad SMARTS) is 2. The Morgan fingerprint density at radius 2 is 1.45 bits per heavy atom. The van der Waals surface area contributed by atoms with E-state index in [9.17, 15) is 9.59 Å². The van der Waals surface area contributed by atoms with Crippen molar-refractivity contribution in [3.63, 3.8) is 0 Å². The van der Waals surface area contributed by atoms with Crippen LogP contribution in [0.1, 0.15) is 16.7 Å². The molecule has 0 aliphatic rings. The van der Waals surface area contributed by atoms with Crippen molar-refractivity contribution in [2.75, 3.05) is 0 Å². The largest absolute Gasteiger partial charge is 2.00 e. The maximum atomic E-state index is 10.2. The monoisotopic (exact) mass is 188 g/mol. The van der Waals surface area contributed by atoms with Crippen LogP contribution in [0.15, 0.2) is 0 Å². The van der Waals surface area contributed by atoms with Crippen molar-refractivity contribution < 1.29 is 22.7 Å². The van der Waals surface area contributed by atoms with Crippen LogP contribution in [0.25, 0.3) is 0 Å². The number of carbonyl (C=O) groups is 2. The molecular formula is C6H12CaO4. The summed E-state index contributed by atoms with van der Waals surface area (Å²) in [6.45, 7) is 3.12. The third kappa shape index (κ3) is 4.61. The average Bonchev–Trinajstić information content (AvgIpc) is 1.59. The standard InChI is InChI=1S/C6H10O4.Ca.2H/c1-3(2)4(5(7)8)6(9)10;;;/h3-4H,1-2H3,(H,7,8)(H,9,10);;;/q;+2;2*-1. The van der Waals surface area contributed by atoms with Crippen LogP contribution in [-0.4, -0.2) is 59.9 Å². The van der Waals surface area contributed by atoms with Gasteiger partial charge in [0.1, 0.15) is 0 Å². The average molecular weight is 188 g/mol. The molecule has 4 nitrogen and oxygen atoms in total. The van der Waals surface area contributed by atoms with Gasteiger partial charge in [0, 0.05) is 0 Å². The van der Waals surface area contributed by atoms with Crippen molar-refractivity contribution in [3.8, 4) is 0 Å². The van der Waals surface area contributed by atoms with Crippen molar-refractivity contribution in [1.82, 2.24) is 0 Å². The Balaban J connectivity index is -0.000000135. The molecule has 62 valence electrons. The molecule has 0 heterocycles. The molecule has 5 heteroatoms. The summed E-state index contributed by atoms with van der Waals surface area (Å²) in [5, 5.41) is 16.7. The van der Waals surface area contributed by atoms with Gasteiger partial charge < -0.3 is 13.1 Å². The normalized spacial score (nSPS) is 9.45. The van der Waals surface area contributed by atoms with Crippen LogP contribution in [0.5, 0.6) is 0 Å². The summed E-state index contributed by atoms with van der Waals surface area (Å²) in [5.41, 5.74) is 0. The van der Waals surface area contributed by atoms with E-state index in [4.69, 9.17) is 10.2 Å². The molecule has 0 aliphatic heterocycles. The third-order valence-electron chi connectivity index (χ3n) is 1.20. The van der Waals surface area contributed by atoms with Gasteiger partial charge in [0.05, 0.1) is 0 Å².